The molecule has 0 bridgehead atoms. The van der Waals surface area contributed by atoms with Crippen molar-refractivity contribution in [1.82, 2.24) is 14.7 Å². The Kier molecular flexibility index (Phi) is 3.49. The number of rotatable bonds is 3. The smallest absolute Gasteiger partial charge is 0.272 e. The zero-order valence-corrected chi connectivity index (χ0v) is 9.51. The van der Waals surface area contributed by atoms with Crippen molar-refractivity contribution in [3.63, 3.8) is 0 Å². The number of nitrogens with zero attached hydrogens (tertiary/aromatic N) is 4. The maximum absolute atomic E-state index is 11.9. The van der Waals surface area contributed by atoms with E-state index < -0.39 is 0 Å². The van der Waals surface area contributed by atoms with E-state index in [1.165, 1.54) is 9.58 Å². The number of amides is 1. The predicted molar refractivity (Wildman–Crippen MR) is 58.3 cm³/mol. The topological polar surface area (TPSA) is 96.7 Å². The summed E-state index contributed by atoms with van der Waals surface area (Å²) in [5, 5.41) is 15.3. The molecule has 0 saturated heterocycles. The fourth-order valence-electron chi connectivity index (χ4n) is 1.35. The van der Waals surface area contributed by atoms with E-state index in [9.17, 15) is 4.79 Å². The lowest BCUT2D eigenvalue weighted by Gasteiger charge is -2.15. The highest BCUT2D eigenvalue weighted by atomic mass is 16.4. The minimum absolute atomic E-state index is 0.0188. The summed E-state index contributed by atoms with van der Waals surface area (Å²) in [5.74, 6) is -0.246. The van der Waals surface area contributed by atoms with E-state index >= 15 is 0 Å². The van der Waals surface area contributed by atoms with Crippen molar-refractivity contribution in [1.29, 1.82) is 0 Å². The largest absolute Gasteiger partial charge is 0.409 e. The average molecular weight is 225 g/mol. The van der Waals surface area contributed by atoms with Gasteiger partial charge in [-0.25, -0.2) is 0 Å². The number of oxime groups is 1. The fraction of sp³-hybridized carbons (Fsp3) is 0.444. The SMILES string of the molecule is Cc1cc(C(=O)N(C)CC(N)=NO)n(C)n1. The van der Waals surface area contributed by atoms with Gasteiger partial charge < -0.3 is 15.8 Å². The normalized spacial score (nSPS) is 11.6. The first kappa shape index (κ1) is 12.0. The van der Waals surface area contributed by atoms with Crippen molar-refractivity contribution in [2.75, 3.05) is 13.6 Å². The molecule has 0 unspecified atom stereocenters. The summed E-state index contributed by atoms with van der Waals surface area (Å²) >= 11 is 0. The molecule has 88 valence electrons. The van der Waals surface area contributed by atoms with Crippen LogP contribution in [0.25, 0.3) is 0 Å². The maximum atomic E-state index is 11.9. The molecule has 1 rings (SSSR count). The first-order chi connectivity index (χ1) is 7.45. The lowest BCUT2D eigenvalue weighted by molar-refractivity contribution is 0.0803. The Morgan fingerprint density at radius 2 is 2.38 bits per heavy atom. The van der Waals surface area contributed by atoms with Crippen LogP contribution >= 0.6 is 0 Å². The van der Waals surface area contributed by atoms with E-state index in [-0.39, 0.29) is 18.3 Å². The van der Waals surface area contributed by atoms with Crippen LogP contribution in [-0.4, -0.2) is 45.2 Å². The Hall–Kier alpha value is -2.05. The molecular formula is C9H15N5O2. The van der Waals surface area contributed by atoms with Gasteiger partial charge in [-0.1, -0.05) is 5.16 Å². The second-order valence-electron chi connectivity index (χ2n) is 3.55. The lowest BCUT2D eigenvalue weighted by atomic mass is 10.3. The summed E-state index contributed by atoms with van der Waals surface area (Å²) in [7, 11) is 3.26. The molecule has 0 spiro atoms. The van der Waals surface area contributed by atoms with Crippen molar-refractivity contribution in [2.24, 2.45) is 17.9 Å². The fourth-order valence-corrected chi connectivity index (χ4v) is 1.35. The van der Waals surface area contributed by atoms with Gasteiger partial charge in [-0.15, -0.1) is 0 Å². The van der Waals surface area contributed by atoms with Gasteiger partial charge in [0.15, 0.2) is 5.84 Å². The standard InChI is InChI=1S/C9H15N5O2/c1-6-4-7(14(3)11-6)9(15)13(2)5-8(10)12-16/h4,16H,5H2,1-3H3,(H2,10,12). The van der Waals surface area contributed by atoms with Crippen molar-refractivity contribution in [3.8, 4) is 0 Å². The first-order valence-corrected chi connectivity index (χ1v) is 4.68. The van der Waals surface area contributed by atoms with E-state index in [1.807, 2.05) is 0 Å². The van der Waals surface area contributed by atoms with E-state index in [4.69, 9.17) is 10.9 Å². The third-order valence-electron chi connectivity index (χ3n) is 2.10. The highest BCUT2D eigenvalue weighted by Gasteiger charge is 2.17. The molecule has 1 amide bonds. The summed E-state index contributed by atoms with van der Waals surface area (Å²) in [4.78, 5) is 13.3. The monoisotopic (exact) mass is 225 g/mol. The second kappa shape index (κ2) is 4.65. The molecule has 16 heavy (non-hydrogen) atoms. The highest BCUT2D eigenvalue weighted by molar-refractivity contribution is 5.95. The highest BCUT2D eigenvalue weighted by Crippen LogP contribution is 2.04. The number of nitrogens with two attached hydrogens (primary N) is 1. The summed E-state index contributed by atoms with van der Waals surface area (Å²) in [5.41, 5.74) is 6.55. The molecule has 0 aromatic carbocycles. The van der Waals surface area contributed by atoms with Gasteiger partial charge in [0.25, 0.3) is 5.91 Å². The minimum atomic E-state index is -0.227. The van der Waals surface area contributed by atoms with Crippen LogP contribution in [0.15, 0.2) is 11.2 Å². The summed E-state index contributed by atoms with van der Waals surface area (Å²) in [6.45, 7) is 1.87. The summed E-state index contributed by atoms with van der Waals surface area (Å²) < 4.78 is 1.50. The number of hydrogen-bond donors (Lipinski definition) is 2. The van der Waals surface area contributed by atoms with E-state index in [1.54, 1.807) is 27.1 Å². The molecule has 1 aromatic heterocycles. The van der Waals surface area contributed by atoms with E-state index in [0.29, 0.717) is 5.69 Å². The molecule has 1 aromatic rings. The predicted octanol–water partition coefficient (Wildman–Crippen LogP) is -0.453. The molecule has 0 fully saturated rings. The molecule has 0 radical (unpaired) electrons. The Morgan fingerprint density at radius 3 is 2.81 bits per heavy atom. The van der Waals surface area contributed by atoms with Crippen LogP contribution < -0.4 is 5.73 Å². The average Bonchev–Trinajstić information content (AvgIpc) is 2.56. The summed E-state index contributed by atoms with van der Waals surface area (Å²) in [6, 6.07) is 1.69. The molecule has 0 aliphatic heterocycles. The van der Waals surface area contributed by atoms with Gasteiger partial charge >= 0.3 is 0 Å². The van der Waals surface area contributed by atoms with Crippen LogP contribution in [0.5, 0.6) is 0 Å². The van der Waals surface area contributed by atoms with Gasteiger partial charge in [-0.05, 0) is 13.0 Å². The third kappa shape index (κ3) is 2.50. The van der Waals surface area contributed by atoms with E-state index in [2.05, 4.69) is 10.3 Å². The quantitative estimate of drug-likeness (QED) is 0.315. The van der Waals surface area contributed by atoms with Crippen molar-refractivity contribution in [3.05, 3.63) is 17.5 Å². The van der Waals surface area contributed by atoms with Crippen LogP contribution in [0.4, 0.5) is 0 Å². The number of carbonyl (C=O) groups is 1. The van der Waals surface area contributed by atoms with Gasteiger partial charge in [-0.2, -0.15) is 5.10 Å². The zero-order valence-electron chi connectivity index (χ0n) is 9.51. The van der Waals surface area contributed by atoms with Crippen molar-refractivity contribution < 1.29 is 10.0 Å². The van der Waals surface area contributed by atoms with Gasteiger partial charge in [0.2, 0.25) is 0 Å². The molecule has 3 N–H and O–H groups in total. The zero-order chi connectivity index (χ0) is 12.3. The van der Waals surface area contributed by atoms with Gasteiger partial charge in [-0.3, -0.25) is 9.48 Å². The number of hydrogen-bond acceptors (Lipinski definition) is 4. The lowest BCUT2D eigenvalue weighted by Crippen LogP contribution is -2.36. The second-order valence-corrected chi connectivity index (χ2v) is 3.55. The first-order valence-electron chi connectivity index (χ1n) is 4.68. The number of likely N-dealkylation sites (N-methyl/N-ethyl adjacent to an activating group) is 1. The molecule has 0 aliphatic carbocycles. The Balaban J connectivity index is 2.82. The van der Waals surface area contributed by atoms with Crippen LogP contribution in [0.1, 0.15) is 16.2 Å². The van der Waals surface area contributed by atoms with Crippen LogP contribution in [0, 0.1) is 6.92 Å². The van der Waals surface area contributed by atoms with Gasteiger partial charge in [0.05, 0.1) is 12.2 Å². The number of aryl methyl sites for hydroxylation is 2. The van der Waals surface area contributed by atoms with Crippen LogP contribution in [0.2, 0.25) is 0 Å². The molecule has 0 saturated carbocycles. The number of amidine groups is 1. The van der Waals surface area contributed by atoms with Crippen LogP contribution in [0.3, 0.4) is 0 Å². The minimum Gasteiger partial charge on any atom is -0.409 e. The molecule has 0 atom stereocenters. The number of aromatic nitrogens is 2. The van der Waals surface area contributed by atoms with Gasteiger partial charge in [0, 0.05) is 14.1 Å². The molecular weight excluding hydrogens is 210 g/mol. The Bertz CT molecular complexity index is 424. The molecule has 1 heterocycles. The van der Waals surface area contributed by atoms with Crippen molar-refractivity contribution in [2.45, 2.75) is 6.92 Å². The molecule has 0 aliphatic rings. The Morgan fingerprint density at radius 1 is 1.75 bits per heavy atom. The summed E-state index contributed by atoms with van der Waals surface area (Å²) in [6.07, 6.45) is 0. The van der Waals surface area contributed by atoms with Crippen molar-refractivity contribution >= 4 is 11.7 Å². The third-order valence-corrected chi connectivity index (χ3v) is 2.10. The maximum Gasteiger partial charge on any atom is 0.272 e. The Labute approximate surface area is 93.1 Å². The molecule has 7 heteroatoms. The molecule has 7 nitrogen and oxygen atoms in total. The number of carbonyl (C=O) groups excluding carboxylic acids is 1. The van der Waals surface area contributed by atoms with Crippen LogP contribution in [-0.2, 0) is 7.05 Å². The van der Waals surface area contributed by atoms with Gasteiger partial charge in [0.1, 0.15) is 5.69 Å². The van der Waals surface area contributed by atoms with E-state index in [0.717, 1.165) is 5.69 Å².